The zero-order valence-corrected chi connectivity index (χ0v) is 14.4. The molecule has 0 radical (unpaired) electrons. The maximum atomic E-state index is 12.4. The van der Waals surface area contributed by atoms with E-state index in [1.807, 2.05) is 0 Å². The van der Waals surface area contributed by atoms with Gasteiger partial charge in [0.2, 0.25) is 11.7 Å². The minimum atomic E-state index is -2.98. The third-order valence-corrected chi connectivity index (χ3v) is 3.64. The smallest absolute Gasteiger partial charge is 0.387 e. The first-order chi connectivity index (χ1) is 13.1. The Labute approximate surface area is 154 Å². The first kappa shape index (κ1) is 18.5. The number of hydrogen-bond acceptors (Lipinski definition) is 5. The van der Waals surface area contributed by atoms with Crippen molar-refractivity contribution in [3.63, 3.8) is 0 Å². The minimum absolute atomic E-state index is 0.116. The topological polar surface area (TPSA) is 66.0 Å². The highest BCUT2D eigenvalue weighted by molar-refractivity contribution is 6.02. The van der Waals surface area contributed by atoms with Gasteiger partial charge in [0.25, 0.3) is 0 Å². The molecule has 0 spiro atoms. The number of amides is 1. The maximum absolute atomic E-state index is 12.4. The SMILES string of the molecule is COc1cc(/C=C/C(=O)Nc2ccccc2OC(F)F)cc2c1OCCO2. The second kappa shape index (κ2) is 8.39. The lowest BCUT2D eigenvalue weighted by Gasteiger charge is -2.20. The lowest BCUT2D eigenvalue weighted by Crippen LogP contribution is -2.16. The molecule has 3 rings (SSSR count). The average Bonchev–Trinajstić information content (AvgIpc) is 2.67. The van der Waals surface area contributed by atoms with Crippen LogP contribution in [-0.2, 0) is 4.79 Å². The summed E-state index contributed by atoms with van der Waals surface area (Å²) in [5.41, 5.74) is 0.801. The van der Waals surface area contributed by atoms with Gasteiger partial charge in [-0.1, -0.05) is 12.1 Å². The Balaban J connectivity index is 1.74. The van der Waals surface area contributed by atoms with Crippen molar-refractivity contribution in [2.24, 2.45) is 0 Å². The number of fused-ring (bicyclic) bond motifs is 1. The fraction of sp³-hybridized carbons (Fsp3) is 0.211. The molecule has 27 heavy (non-hydrogen) atoms. The summed E-state index contributed by atoms with van der Waals surface area (Å²) >= 11 is 0. The van der Waals surface area contributed by atoms with Crippen LogP contribution >= 0.6 is 0 Å². The second-order valence-corrected chi connectivity index (χ2v) is 5.44. The number of anilines is 1. The van der Waals surface area contributed by atoms with Crippen LogP contribution < -0.4 is 24.3 Å². The predicted octanol–water partition coefficient (Wildman–Crippen LogP) is 3.72. The van der Waals surface area contributed by atoms with E-state index in [-0.39, 0.29) is 11.4 Å². The van der Waals surface area contributed by atoms with Crippen molar-refractivity contribution in [1.82, 2.24) is 0 Å². The molecule has 0 bridgehead atoms. The van der Waals surface area contributed by atoms with Gasteiger partial charge >= 0.3 is 6.61 Å². The molecule has 1 heterocycles. The number of rotatable bonds is 6. The van der Waals surface area contributed by atoms with Crippen LogP contribution in [0.4, 0.5) is 14.5 Å². The van der Waals surface area contributed by atoms with Crippen LogP contribution in [0, 0.1) is 0 Å². The van der Waals surface area contributed by atoms with Crippen LogP contribution in [0.3, 0.4) is 0 Å². The molecule has 0 saturated carbocycles. The van der Waals surface area contributed by atoms with E-state index in [4.69, 9.17) is 14.2 Å². The number of carbonyl (C=O) groups excluding carboxylic acids is 1. The number of benzene rings is 2. The Kier molecular flexibility index (Phi) is 5.75. The van der Waals surface area contributed by atoms with Crippen LogP contribution in [-0.4, -0.2) is 32.8 Å². The Morgan fingerprint density at radius 1 is 1.19 bits per heavy atom. The number of carbonyl (C=O) groups is 1. The third-order valence-electron chi connectivity index (χ3n) is 3.64. The number of halogens is 2. The quantitative estimate of drug-likeness (QED) is 0.778. The summed E-state index contributed by atoms with van der Waals surface area (Å²) in [4.78, 5) is 12.1. The van der Waals surface area contributed by atoms with Crippen LogP contribution in [0.2, 0.25) is 0 Å². The summed E-state index contributed by atoms with van der Waals surface area (Å²) in [6.45, 7) is -2.13. The van der Waals surface area contributed by atoms with Crippen molar-refractivity contribution < 1.29 is 32.5 Å². The second-order valence-electron chi connectivity index (χ2n) is 5.44. The van der Waals surface area contributed by atoms with Crippen molar-refractivity contribution in [1.29, 1.82) is 0 Å². The number of hydrogen-bond donors (Lipinski definition) is 1. The Hall–Kier alpha value is -3.29. The number of alkyl halides is 2. The molecule has 0 atom stereocenters. The summed E-state index contributed by atoms with van der Waals surface area (Å²) in [6.07, 6.45) is 2.82. The number of nitrogens with one attached hydrogen (secondary N) is 1. The molecule has 1 aliphatic rings. The van der Waals surface area contributed by atoms with Gasteiger partial charge in [-0.2, -0.15) is 8.78 Å². The van der Waals surface area contributed by atoms with Crippen molar-refractivity contribution in [2.75, 3.05) is 25.6 Å². The molecule has 0 unspecified atom stereocenters. The van der Waals surface area contributed by atoms with Gasteiger partial charge in [-0.05, 0) is 35.9 Å². The molecule has 0 aliphatic carbocycles. The van der Waals surface area contributed by atoms with E-state index < -0.39 is 12.5 Å². The normalized spacial score (nSPS) is 12.9. The van der Waals surface area contributed by atoms with Gasteiger partial charge in [-0.15, -0.1) is 0 Å². The van der Waals surface area contributed by atoms with Crippen LogP contribution in [0.15, 0.2) is 42.5 Å². The largest absolute Gasteiger partial charge is 0.493 e. The standard InChI is InChI=1S/C19H17F2NO5/c1-24-15-10-12(11-16-18(15)26-9-8-25-16)6-7-17(23)22-13-4-2-3-5-14(13)27-19(20)21/h2-7,10-11,19H,8-9H2,1H3,(H,22,23)/b7-6+. The van der Waals surface area contributed by atoms with Gasteiger partial charge in [0, 0.05) is 6.08 Å². The molecular weight excluding hydrogens is 360 g/mol. The fourth-order valence-corrected chi connectivity index (χ4v) is 2.50. The molecule has 2 aromatic carbocycles. The van der Waals surface area contributed by atoms with Gasteiger partial charge in [0.05, 0.1) is 12.8 Å². The summed E-state index contributed by atoms with van der Waals surface area (Å²) < 4.78 is 45.6. The Morgan fingerprint density at radius 3 is 2.74 bits per heavy atom. The van der Waals surface area contributed by atoms with E-state index in [1.54, 1.807) is 24.3 Å². The Morgan fingerprint density at radius 2 is 1.96 bits per heavy atom. The van der Waals surface area contributed by atoms with Gasteiger partial charge in [-0.25, -0.2) is 0 Å². The van der Waals surface area contributed by atoms with Crippen molar-refractivity contribution in [3.05, 3.63) is 48.0 Å². The Bertz CT molecular complexity index is 837. The fourth-order valence-electron chi connectivity index (χ4n) is 2.50. The van der Waals surface area contributed by atoms with Crippen molar-refractivity contribution in [2.45, 2.75) is 6.61 Å². The molecule has 1 aliphatic heterocycles. The van der Waals surface area contributed by atoms with Gasteiger partial charge < -0.3 is 24.3 Å². The van der Waals surface area contributed by atoms with Crippen LogP contribution in [0.1, 0.15) is 5.56 Å². The van der Waals surface area contributed by atoms with Crippen LogP contribution in [0.25, 0.3) is 6.08 Å². The van der Waals surface area contributed by atoms with Gasteiger partial charge in [-0.3, -0.25) is 4.79 Å². The first-order valence-corrected chi connectivity index (χ1v) is 8.07. The number of ether oxygens (including phenoxy) is 4. The van der Waals surface area contributed by atoms with E-state index in [9.17, 15) is 13.6 Å². The summed E-state index contributed by atoms with van der Waals surface area (Å²) in [5, 5.41) is 2.51. The molecule has 2 aromatic rings. The molecule has 6 nitrogen and oxygen atoms in total. The maximum Gasteiger partial charge on any atom is 0.387 e. The lowest BCUT2D eigenvalue weighted by molar-refractivity contribution is -0.111. The molecule has 0 aromatic heterocycles. The highest BCUT2D eigenvalue weighted by Gasteiger charge is 2.18. The third kappa shape index (κ3) is 4.66. The van der Waals surface area contributed by atoms with Gasteiger partial charge in [0.15, 0.2) is 11.5 Å². The zero-order valence-electron chi connectivity index (χ0n) is 14.4. The summed E-state index contributed by atoms with van der Waals surface area (Å²) in [5.74, 6) is 0.909. The molecule has 0 fully saturated rings. The van der Waals surface area contributed by atoms with E-state index >= 15 is 0 Å². The van der Waals surface area contributed by atoms with Gasteiger partial charge in [0.1, 0.15) is 19.0 Å². The van der Waals surface area contributed by atoms with Crippen molar-refractivity contribution >= 4 is 17.7 Å². The minimum Gasteiger partial charge on any atom is -0.493 e. The molecule has 0 saturated heterocycles. The molecule has 1 N–H and O–H groups in total. The van der Waals surface area contributed by atoms with E-state index in [2.05, 4.69) is 10.1 Å². The zero-order chi connectivity index (χ0) is 19.2. The highest BCUT2D eigenvalue weighted by Crippen LogP contribution is 2.40. The summed E-state index contributed by atoms with van der Waals surface area (Å²) in [6, 6.07) is 9.36. The first-order valence-electron chi connectivity index (χ1n) is 8.07. The molecule has 142 valence electrons. The number of para-hydroxylation sites is 2. The summed E-state index contributed by atoms with van der Waals surface area (Å²) in [7, 11) is 1.51. The lowest BCUT2D eigenvalue weighted by atomic mass is 10.1. The van der Waals surface area contributed by atoms with Crippen molar-refractivity contribution in [3.8, 4) is 23.0 Å². The molecular formula is C19H17F2NO5. The predicted molar refractivity (Wildman–Crippen MR) is 94.7 cm³/mol. The highest BCUT2D eigenvalue weighted by atomic mass is 19.3. The van der Waals surface area contributed by atoms with E-state index in [0.29, 0.717) is 36.0 Å². The monoisotopic (exact) mass is 377 g/mol. The molecule has 8 heteroatoms. The average molecular weight is 377 g/mol. The molecule has 1 amide bonds. The van der Waals surface area contributed by atoms with Crippen LogP contribution in [0.5, 0.6) is 23.0 Å². The number of methoxy groups -OCH3 is 1. The van der Waals surface area contributed by atoms with E-state index in [1.165, 1.54) is 31.4 Å². The van der Waals surface area contributed by atoms with E-state index in [0.717, 1.165) is 0 Å².